The Bertz CT molecular complexity index is 1210. The molecular formula is C21H26N10S2. The molecule has 0 amide bonds. The summed E-state index contributed by atoms with van der Waals surface area (Å²) in [7, 11) is 0. The van der Waals surface area contributed by atoms with Crippen molar-refractivity contribution in [3.63, 3.8) is 0 Å². The molecule has 3 aromatic heterocycles. The Labute approximate surface area is 201 Å². The Kier molecular flexibility index (Phi) is 5.28. The summed E-state index contributed by atoms with van der Waals surface area (Å²) < 4.78 is 1.91. The summed E-state index contributed by atoms with van der Waals surface area (Å²) in [6.45, 7) is 10.2. The van der Waals surface area contributed by atoms with E-state index in [9.17, 15) is 0 Å². The third-order valence-corrected chi connectivity index (χ3v) is 8.33. The summed E-state index contributed by atoms with van der Waals surface area (Å²) >= 11 is 3.04. The molecule has 0 saturated carbocycles. The van der Waals surface area contributed by atoms with Gasteiger partial charge in [0.25, 0.3) is 0 Å². The highest BCUT2D eigenvalue weighted by atomic mass is 32.2. The standard InChI is InChI=1S/C21H26N10S2/c1-12-13(2)22-18(29-8-4-5-9-29)24-16(12)32-20-26-27-21-31(20)28-15-14(3)23-19(25-17(15)33-21)30-10-6-7-11-30/h28H,4-11H2,1-3H3. The van der Waals surface area contributed by atoms with E-state index < -0.39 is 0 Å². The topological polar surface area (TPSA) is 101 Å². The maximum Gasteiger partial charge on any atom is 0.226 e. The molecule has 2 saturated heterocycles. The van der Waals surface area contributed by atoms with E-state index in [2.05, 4.69) is 32.3 Å². The van der Waals surface area contributed by atoms with Gasteiger partial charge < -0.3 is 9.80 Å². The van der Waals surface area contributed by atoms with E-state index in [4.69, 9.17) is 19.9 Å². The molecule has 0 unspecified atom stereocenters. The lowest BCUT2D eigenvalue weighted by Gasteiger charge is -2.23. The number of anilines is 3. The third kappa shape index (κ3) is 3.78. The number of hydrogen-bond donors (Lipinski definition) is 1. The molecule has 1 N–H and O–H groups in total. The molecule has 12 heteroatoms. The molecule has 6 rings (SSSR count). The number of aryl methyl sites for hydroxylation is 2. The van der Waals surface area contributed by atoms with Crippen LogP contribution in [0.25, 0.3) is 0 Å². The van der Waals surface area contributed by atoms with Gasteiger partial charge >= 0.3 is 0 Å². The van der Waals surface area contributed by atoms with Crippen LogP contribution in [0.5, 0.6) is 0 Å². The van der Waals surface area contributed by atoms with E-state index in [1.807, 2.05) is 18.5 Å². The van der Waals surface area contributed by atoms with E-state index in [1.165, 1.54) is 49.2 Å². The average molecular weight is 483 g/mol. The maximum absolute atomic E-state index is 4.89. The average Bonchev–Trinajstić information content (AvgIpc) is 3.58. The lowest BCUT2D eigenvalue weighted by molar-refractivity contribution is 0.727. The molecule has 3 aliphatic rings. The zero-order valence-corrected chi connectivity index (χ0v) is 20.6. The summed E-state index contributed by atoms with van der Waals surface area (Å²) in [5.74, 6) is 1.62. The van der Waals surface area contributed by atoms with Crippen molar-refractivity contribution < 1.29 is 0 Å². The summed E-state index contributed by atoms with van der Waals surface area (Å²) in [5.41, 5.74) is 7.35. The molecule has 10 nitrogen and oxygen atoms in total. The van der Waals surface area contributed by atoms with Crippen molar-refractivity contribution in [2.24, 2.45) is 0 Å². The van der Waals surface area contributed by atoms with Crippen LogP contribution < -0.4 is 15.2 Å². The van der Waals surface area contributed by atoms with Crippen LogP contribution in [-0.4, -0.2) is 61.0 Å². The van der Waals surface area contributed by atoms with Crippen LogP contribution in [0, 0.1) is 20.8 Å². The Morgan fingerprint density at radius 3 is 2.12 bits per heavy atom. The minimum Gasteiger partial charge on any atom is -0.341 e. The van der Waals surface area contributed by atoms with Crippen molar-refractivity contribution in [2.75, 3.05) is 41.4 Å². The number of nitrogens with zero attached hydrogens (tertiary/aromatic N) is 9. The van der Waals surface area contributed by atoms with E-state index in [0.29, 0.717) is 0 Å². The lowest BCUT2D eigenvalue weighted by Crippen LogP contribution is -2.24. The van der Waals surface area contributed by atoms with Gasteiger partial charge in [-0.05, 0) is 70.0 Å². The second-order valence-electron chi connectivity index (χ2n) is 8.63. The zero-order valence-electron chi connectivity index (χ0n) is 19.0. The van der Waals surface area contributed by atoms with Gasteiger partial charge in [0, 0.05) is 37.4 Å². The first kappa shape index (κ1) is 21.0. The third-order valence-electron chi connectivity index (χ3n) is 6.36. The van der Waals surface area contributed by atoms with E-state index in [-0.39, 0.29) is 0 Å². The van der Waals surface area contributed by atoms with Gasteiger partial charge in [-0.15, -0.1) is 10.2 Å². The van der Waals surface area contributed by atoms with Gasteiger partial charge in [0.15, 0.2) is 0 Å². The molecule has 2 fully saturated rings. The molecule has 0 bridgehead atoms. The van der Waals surface area contributed by atoms with Gasteiger partial charge in [-0.3, -0.25) is 5.43 Å². The Hall–Kier alpha value is -2.60. The largest absolute Gasteiger partial charge is 0.341 e. The Morgan fingerprint density at radius 2 is 1.42 bits per heavy atom. The Balaban J connectivity index is 1.30. The van der Waals surface area contributed by atoms with Gasteiger partial charge in [-0.2, -0.15) is 0 Å². The number of hydrogen-bond acceptors (Lipinski definition) is 11. The quantitative estimate of drug-likeness (QED) is 0.433. The van der Waals surface area contributed by atoms with Crippen molar-refractivity contribution in [1.29, 1.82) is 0 Å². The number of aromatic nitrogens is 7. The molecule has 0 spiro atoms. The number of nitrogens with one attached hydrogen (secondary N) is 1. The molecule has 0 radical (unpaired) electrons. The van der Waals surface area contributed by atoms with Crippen LogP contribution in [0.2, 0.25) is 0 Å². The van der Waals surface area contributed by atoms with Crippen molar-refractivity contribution in [3.05, 3.63) is 17.0 Å². The minimum absolute atomic E-state index is 0.736. The zero-order chi connectivity index (χ0) is 22.5. The van der Waals surface area contributed by atoms with Crippen LogP contribution in [-0.2, 0) is 0 Å². The molecule has 0 aromatic carbocycles. The van der Waals surface area contributed by atoms with Crippen LogP contribution in [0.3, 0.4) is 0 Å². The predicted octanol–water partition coefficient (Wildman–Crippen LogP) is 3.47. The lowest BCUT2D eigenvalue weighted by atomic mass is 10.3. The SMILES string of the molecule is Cc1nc(N2CCCC2)nc(Sc2nnc3n2Nc2c(C)nc(N4CCCC4)nc2S3)c1C. The summed E-state index contributed by atoms with van der Waals surface area (Å²) in [4.78, 5) is 23.7. The van der Waals surface area contributed by atoms with E-state index >= 15 is 0 Å². The molecule has 3 aromatic rings. The molecule has 33 heavy (non-hydrogen) atoms. The number of rotatable bonds is 4. The van der Waals surface area contributed by atoms with Crippen molar-refractivity contribution >= 4 is 41.1 Å². The first-order valence-electron chi connectivity index (χ1n) is 11.4. The fourth-order valence-corrected chi connectivity index (χ4v) is 6.17. The fraction of sp³-hybridized carbons (Fsp3) is 0.524. The summed E-state index contributed by atoms with van der Waals surface area (Å²) in [6.07, 6.45) is 4.78. The van der Waals surface area contributed by atoms with Crippen LogP contribution in [0.1, 0.15) is 42.6 Å². The summed E-state index contributed by atoms with van der Waals surface area (Å²) in [6, 6.07) is 0. The smallest absolute Gasteiger partial charge is 0.226 e. The molecular weight excluding hydrogens is 456 g/mol. The second kappa shape index (κ2) is 8.32. The maximum atomic E-state index is 4.89. The van der Waals surface area contributed by atoms with E-state index in [0.717, 1.165) is 81.1 Å². The molecule has 172 valence electrons. The van der Waals surface area contributed by atoms with Crippen LogP contribution >= 0.6 is 23.5 Å². The van der Waals surface area contributed by atoms with Gasteiger partial charge in [-0.25, -0.2) is 24.6 Å². The highest BCUT2D eigenvalue weighted by Crippen LogP contribution is 2.41. The normalized spacial score (nSPS) is 17.3. The molecule has 6 heterocycles. The van der Waals surface area contributed by atoms with Gasteiger partial charge in [-0.1, -0.05) is 0 Å². The minimum atomic E-state index is 0.736. The highest BCUT2D eigenvalue weighted by Gasteiger charge is 2.28. The van der Waals surface area contributed by atoms with Gasteiger partial charge in [0.05, 0.1) is 5.69 Å². The highest BCUT2D eigenvalue weighted by molar-refractivity contribution is 8.00. The van der Waals surface area contributed by atoms with Crippen LogP contribution in [0.15, 0.2) is 20.4 Å². The first-order valence-corrected chi connectivity index (χ1v) is 13.0. The van der Waals surface area contributed by atoms with Gasteiger partial charge in [0.2, 0.25) is 22.2 Å². The fourth-order valence-electron chi connectivity index (χ4n) is 4.31. The van der Waals surface area contributed by atoms with Crippen LogP contribution in [0.4, 0.5) is 17.6 Å². The summed E-state index contributed by atoms with van der Waals surface area (Å²) in [5, 5.41) is 12.2. The second-order valence-corrected chi connectivity index (χ2v) is 10.5. The Morgan fingerprint density at radius 1 is 0.788 bits per heavy atom. The predicted molar refractivity (Wildman–Crippen MR) is 128 cm³/mol. The van der Waals surface area contributed by atoms with Crippen molar-refractivity contribution in [1.82, 2.24) is 34.8 Å². The number of fused-ring (bicyclic) bond motifs is 2. The van der Waals surface area contributed by atoms with Crippen molar-refractivity contribution in [3.8, 4) is 0 Å². The first-order chi connectivity index (χ1) is 16.1. The van der Waals surface area contributed by atoms with Gasteiger partial charge in [0.1, 0.15) is 15.7 Å². The molecule has 3 aliphatic heterocycles. The van der Waals surface area contributed by atoms with E-state index in [1.54, 1.807) is 0 Å². The molecule has 0 atom stereocenters. The van der Waals surface area contributed by atoms with Crippen molar-refractivity contribution in [2.45, 2.75) is 66.8 Å². The molecule has 0 aliphatic carbocycles. The monoisotopic (exact) mass is 482 g/mol.